The zero-order chi connectivity index (χ0) is 23.8. The molecule has 0 unspecified atom stereocenters. The molecular formula is C25H27ClN2O3S2. The molecule has 0 saturated heterocycles. The lowest BCUT2D eigenvalue weighted by Crippen LogP contribution is -2.41. The molecule has 0 atom stereocenters. The first-order valence-electron chi connectivity index (χ1n) is 10.5. The SMILES string of the molecule is Cc1ccc(C)c(N(CC(=O)NCCSCc2ccc(Cl)cc2)S(=O)(=O)c2ccccc2)c1. The summed E-state index contributed by atoms with van der Waals surface area (Å²) in [7, 11) is -3.91. The number of aryl methyl sites for hydroxylation is 2. The normalized spacial score (nSPS) is 11.2. The fraction of sp³-hybridized carbons (Fsp3) is 0.240. The van der Waals surface area contributed by atoms with Crippen LogP contribution in [0.1, 0.15) is 16.7 Å². The van der Waals surface area contributed by atoms with Crippen molar-refractivity contribution in [1.29, 1.82) is 0 Å². The van der Waals surface area contributed by atoms with Gasteiger partial charge in [0.05, 0.1) is 10.6 Å². The fourth-order valence-electron chi connectivity index (χ4n) is 3.23. The molecular weight excluding hydrogens is 476 g/mol. The molecule has 3 aromatic rings. The van der Waals surface area contributed by atoms with Gasteiger partial charge in [-0.15, -0.1) is 0 Å². The zero-order valence-corrected chi connectivity index (χ0v) is 21.0. The number of nitrogens with zero attached hydrogens (tertiary/aromatic N) is 1. The first-order valence-corrected chi connectivity index (χ1v) is 13.5. The van der Waals surface area contributed by atoms with Crippen molar-refractivity contribution in [3.05, 3.63) is 94.5 Å². The molecule has 5 nitrogen and oxygen atoms in total. The van der Waals surface area contributed by atoms with Gasteiger partial charge in [0.25, 0.3) is 10.0 Å². The second kappa shape index (κ2) is 11.6. The van der Waals surface area contributed by atoms with Crippen molar-refractivity contribution in [3.8, 4) is 0 Å². The molecule has 0 heterocycles. The molecule has 8 heteroatoms. The summed E-state index contributed by atoms with van der Waals surface area (Å²) in [5.74, 6) is 1.18. The minimum Gasteiger partial charge on any atom is -0.354 e. The Balaban J connectivity index is 1.66. The average Bonchev–Trinajstić information content (AvgIpc) is 2.80. The number of benzene rings is 3. The largest absolute Gasteiger partial charge is 0.354 e. The Hall–Kier alpha value is -2.48. The maximum absolute atomic E-state index is 13.4. The van der Waals surface area contributed by atoms with Crippen LogP contribution in [0.15, 0.2) is 77.7 Å². The molecule has 0 bridgehead atoms. The molecule has 0 aliphatic heterocycles. The molecule has 3 rings (SSSR count). The van der Waals surface area contributed by atoms with Gasteiger partial charge in [0, 0.05) is 23.1 Å². The molecule has 0 spiro atoms. The average molecular weight is 503 g/mol. The highest BCUT2D eigenvalue weighted by Crippen LogP contribution is 2.27. The quantitative estimate of drug-likeness (QED) is 0.387. The number of thioether (sulfide) groups is 1. The Morgan fingerprint density at radius 1 is 1.00 bits per heavy atom. The van der Waals surface area contributed by atoms with E-state index in [9.17, 15) is 13.2 Å². The highest BCUT2D eigenvalue weighted by Gasteiger charge is 2.28. The minimum absolute atomic E-state index is 0.150. The van der Waals surface area contributed by atoms with Crippen molar-refractivity contribution >= 4 is 45.0 Å². The standard InChI is InChI=1S/C25H27ClN2O3S2/c1-19-8-9-20(2)24(16-19)28(33(30,31)23-6-4-3-5-7-23)17-25(29)27-14-15-32-18-21-10-12-22(26)13-11-21/h3-13,16H,14-15,17-18H2,1-2H3,(H,27,29). The molecule has 0 aliphatic rings. The predicted octanol–water partition coefficient (Wildman–Crippen LogP) is 5.20. The van der Waals surface area contributed by atoms with Gasteiger partial charge in [-0.25, -0.2) is 8.42 Å². The number of anilines is 1. The van der Waals surface area contributed by atoms with E-state index < -0.39 is 10.0 Å². The van der Waals surface area contributed by atoms with Crippen LogP contribution in [0.5, 0.6) is 0 Å². The van der Waals surface area contributed by atoms with E-state index in [-0.39, 0.29) is 17.3 Å². The monoisotopic (exact) mass is 502 g/mol. The van der Waals surface area contributed by atoms with Crippen LogP contribution in [0, 0.1) is 13.8 Å². The van der Waals surface area contributed by atoms with Gasteiger partial charge >= 0.3 is 0 Å². The van der Waals surface area contributed by atoms with Gasteiger partial charge < -0.3 is 5.32 Å². The Morgan fingerprint density at radius 3 is 2.39 bits per heavy atom. The molecule has 0 aromatic heterocycles. The predicted molar refractivity (Wildman–Crippen MR) is 138 cm³/mol. The summed E-state index contributed by atoms with van der Waals surface area (Å²) in [4.78, 5) is 12.9. The summed E-state index contributed by atoms with van der Waals surface area (Å²) in [5.41, 5.74) is 3.37. The van der Waals surface area contributed by atoms with E-state index in [1.54, 1.807) is 48.2 Å². The molecule has 1 N–H and O–H groups in total. The summed E-state index contributed by atoms with van der Waals surface area (Å²) in [6.07, 6.45) is 0. The smallest absolute Gasteiger partial charge is 0.264 e. The molecule has 33 heavy (non-hydrogen) atoms. The molecule has 0 saturated carbocycles. The highest BCUT2D eigenvalue weighted by atomic mass is 35.5. The van der Waals surface area contributed by atoms with Gasteiger partial charge in [0.15, 0.2) is 0 Å². The molecule has 0 aliphatic carbocycles. The highest BCUT2D eigenvalue weighted by molar-refractivity contribution is 7.98. The lowest BCUT2D eigenvalue weighted by molar-refractivity contribution is -0.119. The summed E-state index contributed by atoms with van der Waals surface area (Å²) >= 11 is 7.59. The van der Waals surface area contributed by atoms with Crippen molar-refractivity contribution in [1.82, 2.24) is 5.32 Å². The first kappa shape index (κ1) is 25.1. The van der Waals surface area contributed by atoms with Crippen molar-refractivity contribution in [3.63, 3.8) is 0 Å². The maximum atomic E-state index is 13.4. The molecule has 0 radical (unpaired) electrons. The number of hydrogen-bond donors (Lipinski definition) is 1. The van der Waals surface area contributed by atoms with Crippen LogP contribution in [-0.4, -0.2) is 33.2 Å². The van der Waals surface area contributed by atoms with Gasteiger partial charge in [0.1, 0.15) is 6.54 Å². The third-order valence-electron chi connectivity index (χ3n) is 5.00. The Kier molecular flexibility index (Phi) is 8.83. The Morgan fingerprint density at radius 2 is 1.70 bits per heavy atom. The van der Waals surface area contributed by atoms with Crippen LogP contribution in [0.2, 0.25) is 5.02 Å². The van der Waals surface area contributed by atoms with E-state index >= 15 is 0 Å². The van der Waals surface area contributed by atoms with Crippen LogP contribution in [-0.2, 0) is 20.6 Å². The van der Waals surface area contributed by atoms with E-state index in [1.807, 2.05) is 50.2 Å². The van der Waals surface area contributed by atoms with Crippen molar-refractivity contribution in [2.75, 3.05) is 23.1 Å². The third-order valence-corrected chi connectivity index (χ3v) is 8.06. The number of halogens is 1. The fourth-order valence-corrected chi connectivity index (χ4v) is 5.67. The van der Waals surface area contributed by atoms with Gasteiger partial charge in [-0.3, -0.25) is 9.10 Å². The van der Waals surface area contributed by atoms with Gasteiger partial charge in [-0.1, -0.05) is 54.1 Å². The lowest BCUT2D eigenvalue weighted by atomic mass is 10.1. The van der Waals surface area contributed by atoms with Gasteiger partial charge in [-0.05, 0) is 60.9 Å². The van der Waals surface area contributed by atoms with E-state index in [0.717, 1.165) is 22.4 Å². The first-order chi connectivity index (χ1) is 15.8. The number of rotatable bonds is 10. The minimum atomic E-state index is -3.91. The van der Waals surface area contributed by atoms with Gasteiger partial charge in [-0.2, -0.15) is 11.8 Å². The van der Waals surface area contributed by atoms with E-state index in [0.29, 0.717) is 23.0 Å². The van der Waals surface area contributed by atoms with Crippen LogP contribution in [0.4, 0.5) is 5.69 Å². The van der Waals surface area contributed by atoms with E-state index in [2.05, 4.69) is 5.32 Å². The van der Waals surface area contributed by atoms with Crippen LogP contribution in [0.25, 0.3) is 0 Å². The maximum Gasteiger partial charge on any atom is 0.264 e. The second-order valence-electron chi connectivity index (χ2n) is 7.64. The second-order valence-corrected chi connectivity index (χ2v) is 11.0. The summed E-state index contributed by atoms with van der Waals surface area (Å²) in [6, 6.07) is 21.4. The number of hydrogen-bond acceptors (Lipinski definition) is 4. The molecule has 174 valence electrons. The number of nitrogens with one attached hydrogen (secondary N) is 1. The molecule has 1 amide bonds. The van der Waals surface area contributed by atoms with Crippen molar-refractivity contribution < 1.29 is 13.2 Å². The van der Waals surface area contributed by atoms with Gasteiger partial charge in [0.2, 0.25) is 5.91 Å². The van der Waals surface area contributed by atoms with Crippen LogP contribution >= 0.6 is 23.4 Å². The van der Waals surface area contributed by atoms with E-state index in [1.165, 1.54) is 4.31 Å². The Bertz CT molecular complexity index is 1180. The number of amides is 1. The van der Waals surface area contributed by atoms with Crippen molar-refractivity contribution in [2.24, 2.45) is 0 Å². The lowest BCUT2D eigenvalue weighted by Gasteiger charge is -2.26. The zero-order valence-electron chi connectivity index (χ0n) is 18.6. The molecule has 3 aromatic carbocycles. The van der Waals surface area contributed by atoms with E-state index in [4.69, 9.17) is 11.6 Å². The molecule has 0 fully saturated rings. The van der Waals surface area contributed by atoms with Crippen LogP contribution < -0.4 is 9.62 Å². The summed E-state index contributed by atoms with van der Waals surface area (Å²) in [6.45, 7) is 3.90. The number of sulfonamides is 1. The van der Waals surface area contributed by atoms with Crippen molar-refractivity contribution in [2.45, 2.75) is 24.5 Å². The number of carbonyl (C=O) groups excluding carboxylic acids is 1. The number of carbonyl (C=O) groups is 1. The topological polar surface area (TPSA) is 66.5 Å². The Labute approximate surface area is 205 Å². The van der Waals surface area contributed by atoms with Crippen LogP contribution in [0.3, 0.4) is 0 Å². The summed E-state index contributed by atoms with van der Waals surface area (Å²) < 4.78 is 28.0. The summed E-state index contributed by atoms with van der Waals surface area (Å²) in [5, 5.41) is 3.55. The third kappa shape index (κ3) is 7.00.